The number of carbonyl (C=O) groups is 1. The summed E-state index contributed by atoms with van der Waals surface area (Å²) in [6.07, 6.45) is 0.640. The molecule has 1 aliphatic heterocycles. The second kappa shape index (κ2) is 8.55. The number of aryl methyl sites for hydroxylation is 1. The molecule has 1 aromatic heterocycles. The Balaban J connectivity index is 1.62. The molecule has 0 bridgehead atoms. The molecule has 1 aliphatic rings. The number of hydrogen-bond donors (Lipinski definition) is 1. The number of likely N-dealkylation sites (tertiary alicyclic amines) is 1. The number of nitrogens with two attached hydrogens (primary N) is 1. The van der Waals surface area contributed by atoms with Gasteiger partial charge in [0.15, 0.2) is 17.3 Å². The Morgan fingerprint density at radius 3 is 2.84 bits per heavy atom. The number of amides is 1. The SMILES string of the molecule is Cc1cc(C(=O)N2CC[C@H](N(Cc3cccc(F)c3F)c3ccc(N)c(Cl)c3)C2)no1. The Bertz CT molecular complexity index is 1120. The zero-order valence-corrected chi connectivity index (χ0v) is 17.6. The molecule has 31 heavy (non-hydrogen) atoms. The molecule has 3 aromatic rings. The summed E-state index contributed by atoms with van der Waals surface area (Å²) in [5.74, 6) is -1.47. The van der Waals surface area contributed by atoms with Crippen molar-refractivity contribution in [3.8, 4) is 0 Å². The lowest BCUT2D eigenvalue weighted by Crippen LogP contribution is -2.39. The second-order valence-corrected chi connectivity index (χ2v) is 7.97. The summed E-state index contributed by atoms with van der Waals surface area (Å²) in [4.78, 5) is 16.4. The molecule has 1 atom stereocenters. The molecule has 9 heteroatoms. The van der Waals surface area contributed by atoms with Crippen molar-refractivity contribution in [2.45, 2.75) is 25.9 Å². The maximum Gasteiger partial charge on any atom is 0.276 e. The van der Waals surface area contributed by atoms with Gasteiger partial charge in [0, 0.05) is 43.0 Å². The first-order valence-corrected chi connectivity index (χ1v) is 10.2. The minimum atomic E-state index is -0.905. The number of carbonyl (C=O) groups excluding carboxylic acids is 1. The van der Waals surface area contributed by atoms with Crippen molar-refractivity contribution in [3.63, 3.8) is 0 Å². The van der Waals surface area contributed by atoms with E-state index in [4.69, 9.17) is 21.9 Å². The molecule has 0 spiro atoms. The lowest BCUT2D eigenvalue weighted by atomic mass is 10.1. The molecule has 6 nitrogen and oxygen atoms in total. The standard InChI is InChI=1S/C22H21ClF2N4O2/c1-13-9-20(27-31-13)22(30)28-8-7-16(12-28)29(15-5-6-19(26)17(23)10-15)11-14-3-2-4-18(24)21(14)25/h2-6,9-10,16H,7-8,11-12,26H2,1H3/t16-/m0/s1. The summed E-state index contributed by atoms with van der Waals surface area (Å²) < 4.78 is 33.2. The number of hydrogen-bond acceptors (Lipinski definition) is 5. The molecular weight excluding hydrogens is 426 g/mol. The van der Waals surface area contributed by atoms with Crippen molar-refractivity contribution in [1.82, 2.24) is 10.1 Å². The van der Waals surface area contributed by atoms with E-state index in [2.05, 4.69) is 5.16 Å². The lowest BCUT2D eigenvalue weighted by Gasteiger charge is -2.32. The number of nitrogen functional groups attached to an aromatic ring is 1. The molecule has 1 amide bonds. The van der Waals surface area contributed by atoms with Gasteiger partial charge in [-0.25, -0.2) is 8.78 Å². The number of nitrogens with zero attached hydrogens (tertiary/aromatic N) is 3. The fourth-order valence-corrected chi connectivity index (χ4v) is 3.96. The van der Waals surface area contributed by atoms with Crippen LogP contribution in [-0.2, 0) is 6.54 Å². The summed E-state index contributed by atoms with van der Waals surface area (Å²) in [6, 6.07) is 10.7. The maximum absolute atomic E-state index is 14.4. The predicted octanol–water partition coefficient (Wildman–Crippen LogP) is 4.42. The van der Waals surface area contributed by atoms with Crippen LogP contribution in [0, 0.1) is 18.6 Å². The molecule has 1 fully saturated rings. The number of benzene rings is 2. The van der Waals surface area contributed by atoms with Gasteiger partial charge in [-0.1, -0.05) is 28.9 Å². The number of anilines is 2. The van der Waals surface area contributed by atoms with Gasteiger partial charge >= 0.3 is 0 Å². The highest BCUT2D eigenvalue weighted by Gasteiger charge is 2.33. The average Bonchev–Trinajstić information content (AvgIpc) is 3.40. The average molecular weight is 447 g/mol. The lowest BCUT2D eigenvalue weighted by molar-refractivity contribution is 0.0780. The monoisotopic (exact) mass is 446 g/mol. The van der Waals surface area contributed by atoms with Crippen LogP contribution >= 0.6 is 11.6 Å². The highest BCUT2D eigenvalue weighted by Crippen LogP contribution is 2.31. The van der Waals surface area contributed by atoms with Crippen molar-refractivity contribution in [1.29, 1.82) is 0 Å². The molecule has 0 aliphatic carbocycles. The van der Waals surface area contributed by atoms with Crippen LogP contribution in [0.3, 0.4) is 0 Å². The van der Waals surface area contributed by atoms with Crippen LogP contribution < -0.4 is 10.6 Å². The van der Waals surface area contributed by atoms with Gasteiger partial charge in [0.05, 0.1) is 10.7 Å². The van der Waals surface area contributed by atoms with Crippen LogP contribution in [0.2, 0.25) is 5.02 Å². The summed E-state index contributed by atoms with van der Waals surface area (Å²) in [5, 5.41) is 4.16. The zero-order chi connectivity index (χ0) is 22.1. The molecule has 162 valence electrons. The van der Waals surface area contributed by atoms with Crippen molar-refractivity contribution >= 4 is 28.9 Å². The summed E-state index contributed by atoms with van der Waals surface area (Å²) in [5.41, 5.74) is 7.43. The van der Waals surface area contributed by atoms with E-state index in [0.717, 1.165) is 6.07 Å². The minimum absolute atomic E-state index is 0.111. The van der Waals surface area contributed by atoms with E-state index in [0.29, 0.717) is 41.7 Å². The van der Waals surface area contributed by atoms with E-state index in [1.165, 1.54) is 6.07 Å². The van der Waals surface area contributed by atoms with Gasteiger partial charge in [0.25, 0.3) is 5.91 Å². The van der Waals surface area contributed by atoms with E-state index >= 15 is 0 Å². The normalized spacial score (nSPS) is 16.0. The molecule has 2 heterocycles. The van der Waals surface area contributed by atoms with Crippen molar-refractivity contribution < 1.29 is 18.1 Å². The third-order valence-corrected chi connectivity index (χ3v) is 5.75. The summed E-state index contributed by atoms with van der Waals surface area (Å²) in [6.45, 7) is 2.72. The number of halogens is 3. The van der Waals surface area contributed by atoms with Crippen LogP contribution in [0.4, 0.5) is 20.2 Å². The molecule has 0 unspecified atom stereocenters. The van der Waals surface area contributed by atoms with Crippen LogP contribution in [0.25, 0.3) is 0 Å². The number of rotatable bonds is 5. The molecule has 0 saturated carbocycles. The molecule has 2 N–H and O–H groups in total. The Morgan fingerprint density at radius 2 is 2.13 bits per heavy atom. The smallest absolute Gasteiger partial charge is 0.276 e. The van der Waals surface area contributed by atoms with Crippen LogP contribution in [0.1, 0.15) is 28.2 Å². The Labute approximate surface area is 183 Å². The van der Waals surface area contributed by atoms with Crippen LogP contribution in [0.15, 0.2) is 47.0 Å². The van der Waals surface area contributed by atoms with Gasteiger partial charge < -0.3 is 20.1 Å². The fraction of sp³-hybridized carbons (Fsp3) is 0.273. The zero-order valence-electron chi connectivity index (χ0n) is 16.8. The van der Waals surface area contributed by atoms with Crippen LogP contribution in [0.5, 0.6) is 0 Å². The largest absolute Gasteiger partial charge is 0.398 e. The van der Waals surface area contributed by atoms with Gasteiger partial charge in [-0.15, -0.1) is 0 Å². The highest BCUT2D eigenvalue weighted by molar-refractivity contribution is 6.33. The quantitative estimate of drug-likeness (QED) is 0.587. The molecule has 4 rings (SSSR count). The Hall–Kier alpha value is -3.13. The van der Waals surface area contributed by atoms with E-state index in [1.54, 1.807) is 42.2 Å². The first kappa shape index (κ1) is 21.1. The Kier molecular flexibility index (Phi) is 5.82. The summed E-state index contributed by atoms with van der Waals surface area (Å²) >= 11 is 6.22. The third-order valence-electron chi connectivity index (χ3n) is 5.43. The van der Waals surface area contributed by atoms with Gasteiger partial charge in [-0.2, -0.15) is 0 Å². The first-order chi connectivity index (χ1) is 14.8. The van der Waals surface area contributed by atoms with Crippen molar-refractivity contribution in [2.24, 2.45) is 0 Å². The Morgan fingerprint density at radius 1 is 1.32 bits per heavy atom. The fourth-order valence-electron chi connectivity index (χ4n) is 3.79. The van der Waals surface area contributed by atoms with Gasteiger partial charge in [0.1, 0.15) is 5.76 Å². The van der Waals surface area contributed by atoms with E-state index in [-0.39, 0.29) is 29.8 Å². The minimum Gasteiger partial charge on any atom is -0.398 e. The second-order valence-electron chi connectivity index (χ2n) is 7.56. The van der Waals surface area contributed by atoms with Crippen LogP contribution in [-0.4, -0.2) is 35.1 Å². The van der Waals surface area contributed by atoms with Gasteiger partial charge in [-0.3, -0.25) is 4.79 Å². The first-order valence-electron chi connectivity index (χ1n) is 9.80. The van der Waals surface area contributed by atoms with Gasteiger partial charge in [-0.05, 0) is 37.6 Å². The van der Waals surface area contributed by atoms with E-state index < -0.39 is 11.6 Å². The van der Waals surface area contributed by atoms with E-state index in [1.807, 2.05) is 4.90 Å². The maximum atomic E-state index is 14.4. The molecule has 2 aromatic carbocycles. The predicted molar refractivity (Wildman–Crippen MR) is 114 cm³/mol. The van der Waals surface area contributed by atoms with Crippen molar-refractivity contribution in [2.75, 3.05) is 23.7 Å². The summed E-state index contributed by atoms with van der Waals surface area (Å²) in [7, 11) is 0. The number of aromatic nitrogens is 1. The third kappa shape index (κ3) is 4.34. The highest BCUT2D eigenvalue weighted by atomic mass is 35.5. The van der Waals surface area contributed by atoms with Crippen molar-refractivity contribution in [3.05, 3.63) is 76.1 Å². The van der Waals surface area contributed by atoms with Gasteiger partial charge in [0.2, 0.25) is 0 Å². The molecule has 0 radical (unpaired) electrons. The van der Waals surface area contributed by atoms with E-state index in [9.17, 15) is 13.6 Å². The topological polar surface area (TPSA) is 75.6 Å². The molecular formula is C22H21ClF2N4O2. The molecule has 1 saturated heterocycles.